The maximum absolute atomic E-state index is 12.2. The van der Waals surface area contributed by atoms with E-state index < -0.39 is 0 Å². The first kappa shape index (κ1) is 16.0. The van der Waals surface area contributed by atoms with Crippen molar-refractivity contribution in [2.45, 2.75) is 13.2 Å². The SMILES string of the molecule is COCc1cccc(C(=O)OCc2ccc(-n3cccn3)cc2)c1. The monoisotopic (exact) mass is 322 g/mol. The van der Waals surface area contributed by atoms with Crippen molar-refractivity contribution < 1.29 is 14.3 Å². The zero-order valence-electron chi connectivity index (χ0n) is 13.4. The first-order chi connectivity index (χ1) is 11.8. The zero-order chi connectivity index (χ0) is 16.8. The molecule has 0 saturated heterocycles. The first-order valence-electron chi connectivity index (χ1n) is 7.60. The molecule has 0 N–H and O–H groups in total. The van der Waals surface area contributed by atoms with Crippen molar-refractivity contribution in [3.8, 4) is 5.69 Å². The van der Waals surface area contributed by atoms with Gasteiger partial charge in [-0.05, 0) is 41.5 Å². The fraction of sp³-hybridized carbons (Fsp3) is 0.158. The largest absolute Gasteiger partial charge is 0.457 e. The van der Waals surface area contributed by atoms with Gasteiger partial charge in [0.2, 0.25) is 0 Å². The molecule has 2 aromatic carbocycles. The number of esters is 1. The van der Waals surface area contributed by atoms with Crippen LogP contribution in [-0.4, -0.2) is 22.9 Å². The Kier molecular flexibility index (Phi) is 5.03. The van der Waals surface area contributed by atoms with Crippen LogP contribution in [-0.2, 0) is 22.7 Å². The van der Waals surface area contributed by atoms with Crippen LogP contribution in [0.4, 0.5) is 0 Å². The zero-order valence-corrected chi connectivity index (χ0v) is 13.4. The highest BCUT2D eigenvalue weighted by atomic mass is 16.5. The van der Waals surface area contributed by atoms with Crippen molar-refractivity contribution in [3.63, 3.8) is 0 Å². The number of rotatable bonds is 6. The van der Waals surface area contributed by atoms with Gasteiger partial charge in [-0.2, -0.15) is 5.10 Å². The summed E-state index contributed by atoms with van der Waals surface area (Å²) in [5, 5.41) is 4.17. The van der Waals surface area contributed by atoms with Crippen LogP contribution in [0.15, 0.2) is 67.0 Å². The van der Waals surface area contributed by atoms with Crippen LogP contribution in [0.5, 0.6) is 0 Å². The summed E-state index contributed by atoms with van der Waals surface area (Å²) in [5.41, 5.74) is 3.35. The molecule has 5 heteroatoms. The summed E-state index contributed by atoms with van der Waals surface area (Å²) in [7, 11) is 1.62. The molecule has 24 heavy (non-hydrogen) atoms. The van der Waals surface area contributed by atoms with Gasteiger partial charge in [0.05, 0.1) is 17.9 Å². The quantitative estimate of drug-likeness (QED) is 0.653. The van der Waals surface area contributed by atoms with E-state index in [1.807, 2.05) is 48.7 Å². The number of carbonyl (C=O) groups is 1. The summed E-state index contributed by atoms with van der Waals surface area (Å²) in [6.07, 6.45) is 3.61. The summed E-state index contributed by atoms with van der Waals surface area (Å²) in [5.74, 6) is -0.343. The fourth-order valence-electron chi connectivity index (χ4n) is 2.35. The van der Waals surface area contributed by atoms with E-state index >= 15 is 0 Å². The Morgan fingerprint density at radius 2 is 1.88 bits per heavy atom. The van der Waals surface area contributed by atoms with E-state index in [0.717, 1.165) is 16.8 Å². The Morgan fingerprint density at radius 1 is 1.04 bits per heavy atom. The average Bonchev–Trinajstić information content (AvgIpc) is 3.15. The summed E-state index contributed by atoms with van der Waals surface area (Å²) in [4.78, 5) is 12.2. The average molecular weight is 322 g/mol. The van der Waals surface area contributed by atoms with Gasteiger partial charge in [-0.3, -0.25) is 0 Å². The Balaban J connectivity index is 1.61. The predicted octanol–water partition coefficient (Wildman–Crippen LogP) is 3.38. The van der Waals surface area contributed by atoms with Crippen LogP contribution in [0.25, 0.3) is 5.69 Å². The number of nitrogens with zero attached hydrogens (tertiary/aromatic N) is 2. The van der Waals surface area contributed by atoms with E-state index in [0.29, 0.717) is 12.2 Å². The minimum atomic E-state index is -0.343. The second-order valence-electron chi connectivity index (χ2n) is 5.33. The molecule has 3 aromatic rings. The smallest absolute Gasteiger partial charge is 0.338 e. The number of ether oxygens (including phenoxy) is 2. The second kappa shape index (κ2) is 7.57. The summed E-state index contributed by atoms with van der Waals surface area (Å²) >= 11 is 0. The number of hydrogen-bond acceptors (Lipinski definition) is 4. The van der Waals surface area contributed by atoms with Crippen LogP contribution in [0, 0.1) is 0 Å². The molecule has 1 heterocycles. The van der Waals surface area contributed by atoms with Gasteiger partial charge in [0.15, 0.2) is 0 Å². The minimum absolute atomic E-state index is 0.229. The van der Waals surface area contributed by atoms with Gasteiger partial charge in [0.25, 0.3) is 0 Å². The maximum atomic E-state index is 12.2. The lowest BCUT2D eigenvalue weighted by atomic mass is 10.1. The number of carbonyl (C=O) groups excluding carboxylic acids is 1. The van der Waals surface area contributed by atoms with Crippen molar-refractivity contribution >= 4 is 5.97 Å². The lowest BCUT2D eigenvalue weighted by Gasteiger charge is -2.07. The van der Waals surface area contributed by atoms with Gasteiger partial charge in [0, 0.05) is 19.5 Å². The third-order valence-corrected chi connectivity index (χ3v) is 3.55. The van der Waals surface area contributed by atoms with Gasteiger partial charge in [-0.15, -0.1) is 0 Å². The third-order valence-electron chi connectivity index (χ3n) is 3.55. The van der Waals surface area contributed by atoms with Crippen LogP contribution in [0.2, 0.25) is 0 Å². The molecule has 122 valence electrons. The lowest BCUT2D eigenvalue weighted by Crippen LogP contribution is -2.06. The molecule has 0 saturated carbocycles. The van der Waals surface area contributed by atoms with Crippen molar-refractivity contribution in [1.82, 2.24) is 9.78 Å². The standard InChI is InChI=1S/C19H18N2O3/c1-23-13-16-4-2-5-17(12-16)19(22)24-14-15-6-8-18(9-7-15)21-11-3-10-20-21/h2-12H,13-14H2,1H3. The molecular formula is C19H18N2O3. The van der Waals surface area contributed by atoms with Crippen LogP contribution >= 0.6 is 0 Å². The molecule has 0 unspecified atom stereocenters. The van der Waals surface area contributed by atoms with Gasteiger partial charge in [0.1, 0.15) is 6.61 Å². The van der Waals surface area contributed by atoms with E-state index in [4.69, 9.17) is 9.47 Å². The molecule has 3 rings (SSSR count). The van der Waals surface area contributed by atoms with Crippen molar-refractivity contribution in [2.75, 3.05) is 7.11 Å². The normalized spacial score (nSPS) is 10.5. The Labute approximate surface area is 140 Å². The van der Waals surface area contributed by atoms with Crippen LogP contribution in [0.3, 0.4) is 0 Å². The Morgan fingerprint density at radius 3 is 2.58 bits per heavy atom. The van der Waals surface area contributed by atoms with E-state index in [2.05, 4.69) is 5.10 Å². The van der Waals surface area contributed by atoms with E-state index in [9.17, 15) is 4.79 Å². The van der Waals surface area contributed by atoms with Crippen molar-refractivity contribution in [1.29, 1.82) is 0 Å². The molecule has 0 bridgehead atoms. The Hall–Kier alpha value is -2.92. The van der Waals surface area contributed by atoms with Gasteiger partial charge in [-0.1, -0.05) is 24.3 Å². The summed E-state index contributed by atoms with van der Waals surface area (Å²) in [6, 6.07) is 16.8. The lowest BCUT2D eigenvalue weighted by molar-refractivity contribution is 0.0472. The van der Waals surface area contributed by atoms with Crippen LogP contribution in [0.1, 0.15) is 21.5 Å². The third kappa shape index (κ3) is 3.88. The highest BCUT2D eigenvalue weighted by Crippen LogP contribution is 2.12. The fourth-order valence-corrected chi connectivity index (χ4v) is 2.35. The number of methoxy groups -OCH3 is 1. The van der Waals surface area contributed by atoms with Crippen molar-refractivity contribution in [2.24, 2.45) is 0 Å². The second-order valence-corrected chi connectivity index (χ2v) is 5.33. The maximum Gasteiger partial charge on any atom is 0.338 e. The molecule has 0 atom stereocenters. The molecular weight excluding hydrogens is 304 g/mol. The highest BCUT2D eigenvalue weighted by molar-refractivity contribution is 5.89. The predicted molar refractivity (Wildman–Crippen MR) is 89.8 cm³/mol. The van der Waals surface area contributed by atoms with Gasteiger partial charge in [-0.25, -0.2) is 9.48 Å². The van der Waals surface area contributed by atoms with Gasteiger partial charge < -0.3 is 9.47 Å². The molecule has 0 aliphatic carbocycles. The first-order valence-corrected chi connectivity index (χ1v) is 7.60. The number of aromatic nitrogens is 2. The molecule has 0 aliphatic heterocycles. The summed E-state index contributed by atoms with van der Waals surface area (Å²) in [6.45, 7) is 0.697. The minimum Gasteiger partial charge on any atom is -0.457 e. The van der Waals surface area contributed by atoms with E-state index in [1.54, 1.807) is 30.1 Å². The van der Waals surface area contributed by atoms with E-state index in [1.165, 1.54) is 0 Å². The number of hydrogen-bond donors (Lipinski definition) is 0. The van der Waals surface area contributed by atoms with Gasteiger partial charge >= 0.3 is 5.97 Å². The molecule has 0 aliphatic rings. The number of benzene rings is 2. The highest BCUT2D eigenvalue weighted by Gasteiger charge is 2.08. The molecule has 0 radical (unpaired) electrons. The van der Waals surface area contributed by atoms with Crippen LogP contribution < -0.4 is 0 Å². The molecule has 5 nitrogen and oxygen atoms in total. The molecule has 0 fully saturated rings. The van der Waals surface area contributed by atoms with Crippen molar-refractivity contribution in [3.05, 3.63) is 83.7 Å². The van der Waals surface area contributed by atoms with E-state index in [-0.39, 0.29) is 12.6 Å². The topological polar surface area (TPSA) is 53.4 Å². The summed E-state index contributed by atoms with van der Waals surface area (Å²) < 4.78 is 12.2. The molecule has 1 aromatic heterocycles. The molecule has 0 amide bonds. The molecule has 0 spiro atoms. The Bertz CT molecular complexity index is 796.